The summed E-state index contributed by atoms with van der Waals surface area (Å²) >= 11 is 0. The van der Waals surface area contributed by atoms with E-state index in [2.05, 4.69) is 10.2 Å². The van der Waals surface area contributed by atoms with E-state index >= 15 is 0 Å². The van der Waals surface area contributed by atoms with Crippen LogP contribution in [0, 0.1) is 11.3 Å². The highest BCUT2D eigenvalue weighted by atomic mass is 16.5. The van der Waals surface area contributed by atoms with Crippen LogP contribution in [0.5, 0.6) is 5.75 Å². The van der Waals surface area contributed by atoms with Gasteiger partial charge in [0.05, 0.1) is 31.3 Å². The molecule has 2 atom stereocenters. The first kappa shape index (κ1) is 20.6. The lowest BCUT2D eigenvalue weighted by Crippen LogP contribution is -2.39. The Morgan fingerprint density at radius 3 is 2.61 bits per heavy atom. The Hall–Kier alpha value is -3.68. The molecule has 0 amide bonds. The summed E-state index contributed by atoms with van der Waals surface area (Å²) in [5, 5.41) is 16.2. The monoisotopic (exact) mass is 421 g/mol. The highest BCUT2D eigenvalue weighted by Crippen LogP contribution is 2.43. The molecule has 0 spiro atoms. The lowest BCUT2D eigenvalue weighted by molar-refractivity contribution is -0.148. The van der Waals surface area contributed by atoms with Gasteiger partial charge in [0.25, 0.3) is 0 Å². The molecule has 2 N–H and O–H groups in total. The number of nitrogens with one attached hydrogen (secondary N) is 2. The Morgan fingerprint density at radius 2 is 1.84 bits per heavy atom. The normalized spacial score (nSPS) is 17.7. The van der Waals surface area contributed by atoms with Gasteiger partial charge in [-0.1, -0.05) is 12.1 Å². The smallest absolute Gasteiger partial charge is 0.319 e. The Balaban J connectivity index is 1.77. The van der Waals surface area contributed by atoms with E-state index in [0.29, 0.717) is 11.3 Å². The standard InChI is InChI=1S/C23H23N3O5/c1-3-29-20(27)11-17-16-10-14(13-5-7-18-15(9-13)12-25-26-18)6-8-19(16)31-22(24)21(17)23(28)30-4-2/h5-10,12,17,21,24H,3-4,11H2,1-2H3,(H,25,26). The molecule has 0 bridgehead atoms. The molecule has 8 heteroatoms. The second kappa shape index (κ2) is 8.59. The van der Waals surface area contributed by atoms with Gasteiger partial charge in [0, 0.05) is 16.9 Å². The van der Waals surface area contributed by atoms with Crippen molar-refractivity contribution in [2.75, 3.05) is 13.2 Å². The summed E-state index contributed by atoms with van der Waals surface area (Å²) < 4.78 is 15.9. The van der Waals surface area contributed by atoms with Crippen molar-refractivity contribution in [2.24, 2.45) is 5.92 Å². The Kier molecular flexibility index (Phi) is 5.70. The molecule has 1 aromatic heterocycles. The highest BCUT2D eigenvalue weighted by Gasteiger charge is 2.42. The number of carbonyl (C=O) groups is 2. The molecule has 0 aliphatic carbocycles. The summed E-state index contributed by atoms with van der Waals surface area (Å²) in [7, 11) is 0. The zero-order valence-corrected chi connectivity index (χ0v) is 17.3. The fourth-order valence-corrected chi connectivity index (χ4v) is 3.91. The first-order valence-corrected chi connectivity index (χ1v) is 10.2. The Morgan fingerprint density at radius 1 is 1.10 bits per heavy atom. The molecule has 0 saturated carbocycles. The number of aromatic nitrogens is 2. The molecule has 0 radical (unpaired) electrons. The molecular formula is C23H23N3O5. The van der Waals surface area contributed by atoms with Crippen molar-refractivity contribution in [2.45, 2.75) is 26.2 Å². The van der Waals surface area contributed by atoms with Crippen LogP contribution in [0.1, 0.15) is 31.7 Å². The van der Waals surface area contributed by atoms with Crippen LogP contribution in [0.25, 0.3) is 22.0 Å². The van der Waals surface area contributed by atoms with Crippen LogP contribution in [-0.2, 0) is 19.1 Å². The van der Waals surface area contributed by atoms with Gasteiger partial charge in [-0.05, 0) is 49.2 Å². The minimum Gasteiger partial charge on any atom is -0.466 e. The average molecular weight is 421 g/mol. The van der Waals surface area contributed by atoms with Crippen molar-refractivity contribution in [3.05, 3.63) is 48.2 Å². The molecule has 1 aliphatic rings. The largest absolute Gasteiger partial charge is 0.466 e. The van der Waals surface area contributed by atoms with Gasteiger partial charge >= 0.3 is 11.9 Å². The maximum absolute atomic E-state index is 12.6. The number of carbonyl (C=O) groups excluding carboxylic acids is 2. The van der Waals surface area contributed by atoms with Gasteiger partial charge in [0.2, 0.25) is 5.90 Å². The molecule has 8 nitrogen and oxygen atoms in total. The van der Waals surface area contributed by atoms with Crippen LogP contribution < -0.4 is 4.74 Å². The van der Waals surface area contributed by atoms with Crippen LogP contribution in [0.2, 0.25) is 0 Å². The van der Waals surface area contributed by atoms with Crippen LogP contribution in [-0.4, -0.2) is 41.2 Å². The third kappa shape index (κ3) is 4.01. The fraction of sp³-hybridized carbons (Fsp3) is 0.304. The SMILES string of the molecule is CCOC(=O)CC1c2cc(-c3ccc4[nH]ncc4c3)ccc2OC(=N)C1C(=O)OCC. The average Bonchev–Trinajstić information content (AvgIpc) is 3.21. The van der Waals surface area contributed by atoms with E-state index in [4.69, 9.17) is 19.6 Å². The van der Waals surface area contributed by atoms with Crippen LogP contribution in [0.15, 0.2) is 42.6 Å². The van der Waals surface area contributed by atoms with Gasteiger partial charge in [-0.3, -0.25) is 20.1 Å². The number of hydrogen-bond donors (Lipinski definition) is 2. The van der Waals surface area contributed by atoms with E-state index in [1.54, 1.807) is 26.1 Å². The van der Waals surface area contributed by atoms with E-state index in [1.807, 2.05) is 30.3 Å². The predicted molar refractivity (Wildman–Crippen MR) is 114 cm³/mol. The third-order valence-corrected chi connectivity index (χ3v) is 5.32. The summed E-state index contributed by atoms with van der Waals surface area (Å²) in [6, 6.07) is 11.5. The summed E-state index contributed by atoms with van der Waals surface area (Å²) in [5.74, 6) is -2.43. The number of esters is 2. The molecule has 2 heterocycles. The predicted octanol–water partition coefficient (Wildman–Crippen LogP) is 3.82. The second-order valence-electron chi connectivity index (χ2n) is 7.24. The molecule has 0 saturated heterocycles. The quantitative estimate of drug-likeness (QED) is 0.585. The van der Waals surface area contributed by atoms with Crippen molar-refractivity contribution < 1.29 is 23.8 Å². The second-order valence-corrected chi connectivity index (χ2v) is 7.24. The topological polar surface area (TPSA) is 114 Å². The van der Waals surface area contributed by atoms with Gasteiger partial charge in [-0.25, -0.2) is 0 Å². The van der Waals surface area contributed by atoms with Gasteiger partial charge < -0.3 is 14.2 Å². The van der Waals surface area contributed by atoms with Crippen LogP contribution >= 0.6 is 0 Å². The number of rotatable bonds is 6. The minimum absolute atomic E-state index is 0.0553. The Labute approximate surface area is 179 Å². The number of nitrogens with zero attached hydrogens (tertiary/aromatic N) is 1. The molecule has 1 aliphatic heterocycles. The molecule has 31 heavy (non-hydrogen) atoms. The molecule has 4 rings (SSSR count). The molecule has 0 fully saturated rings. The van der Waals surface area contributed by atoms with E-state index < -0.39 is 23.8 Å². The van der Waals surface area contributed by atoms with Crippen LogP contribution in [0.4, 0.5) is 0 Å². The number of aromatic amines is 1. The van der Waals surface area contributed by atoms with Crippen molar-refractivity contribution in [1.82, 2.24) is 10.2 Å². The Bertz CT molecular complexity index is 1150. The summed E-state index contributed by atoms with van der Waals surface area (Å²) in [4.78, 5) is 25.0. The first-order chi connectivity index (χ1) is 15.0. The van der Waals surface area contributed by atoms with Crippen molar-refractivity contribution in [1.29, 1.82) is 5.41 Å². The summed E-state index contributed by atoms with van der Waals surface area (Å²) in [5.41, 5.74) is 3.46. The fourth-order valence-electron chi connectivity index (χ4n) is 3.91. The van der Waals surface area contributed by atoms with Crippen molar-refractivity contribution >= 4 is 28.7 Å². The molecule has 2 aromatic carbocycles. The number of hydrogen-bond acceptors (Lipinski definition) is 7. The number of ether oxygens (including phenoxy) is 3. The van der Waals surface area contributed by atoms with Crippen molar-refractivity contribution in [3.63, 3.8) is 0 Å². The van der Waals surface area contributed by atoms with E-state index in [1.165, 1.54) is 0 Å². The maximum atomic E-state index is 12.6. The number of H-pyrrole nitrogens is 1. The lowest BCUT2D eigenvalue weighted by atomic mass is 9.80. The molecule has 2 unspecified atom stereocenters. The number of fused-ring (bicyclic) bond motifs is 2. The highest BCUT2D eigenvalue weighted by molar-refractivity contribution is 6.00. The zero-order chi connectivity index (χ0) is 22.0. The van der Waals surface area contributed by atoms with Gasteiger partial charge in [0.15, 0.2) is 0 Å². The molecule has 160 valence electrons. The van der Waals surface area contributed by atoms with Gasteiger partial charge in [-0.2, -0.15) is 5.10 Å². The third-order valence-electron chi connectivity index (χ3n) is 5.32. The van der Waals surface area contributed by atoms with E-state index in [9.17, 15) is 9.59 Å². The van der Waals surface area contributed by atoms with Gasteiger partial charge in [0.1, 0.15) is 11.7 Å². The maximum Gasteiger partial charge on any atom is 0.319 e. The van der Waals surface area contributed by atoms with Crippen molar-refractivity contribution in [3.8, 4) is 16.9 Å². The zero-order valence-electron chi connectivity index (χ0n) is 17.3. The van der Waals surface area contributed by atoms with Gasteiger partial charge in [-0.15, -0.1) is 0 Å². The molecular weight excluding hydrogens is 398 g/mol. The lowest BCUT2D eigenvalue weighted by Gasteiger charge is -2.32. The molecule has 3 aromatic rings. The van der Waals surface area contributed by atoms with Crippen LogP contribution in [0.3, 0.4) is 0 Å². The number of benzene rings is 2. The first-order valence-electron chi connectivity index (χ1n) is 10.2. The van der Waals surface area contributed by atoms with E-state index in [0.717, 1.165) is 22.0 Å². The summed E-state index contributed by atoms with van der Waals surface area (Å²) in [6.45, 7) is 3.84. The minimum atomic E-state index is -1.01. The van der Waals surface area contributed by atoms with E-state index in [-0.39, 0.29) is 25.5 Å². The summed E-state index contributed by atoms with van der Waals surface area (Å²) in [6.07, 6.45) is 1.70.